The Hall–Kier alpha value is -3.33. The van der Waals surface area contributed by atoms with Gasteiger partial charge in [-0.1, -0.05) is 12.1 Å². The van der Waals surface area contributed by atoms with Gasteiger partial charge in [0.15, 0.2) is 11.6 Å². The molecule has 0 aliphatic heterocycles. The number of nitrogens with zero attached hydrogens (tertiary/aromatic N) is 3. The van der Waals surface area contributed by atoms with E-state index in [9.17, 15) is 4.39 Å². The van der Waals surface area contributed by atoms with Gasteiger partial charge in [-0.3, -0.25) is 4.68 Å². The van der Waals surface area contributed by atoms with E-state index in [0.717, 1.165) is 17.3 Å². The zero-order valence-electron chi connectivity index (χ0n) is 14.5. The summed E-state index contributed by atoms with van der Waals surface area (Å²) >= 11 is 0. The quantitative estimate of drug-likeness (QED) is 0.675. The van der Waals surface area contributed by atoms with E-state index in [4.69, 9.17) is 14.7 Å². The van der Waals surface area contributed by atoms with E-state index >= 15 is 0 Å². The van der Waals surface area contributed by atoms with Crippen molar-refractivity contribution >= 4 is 0 Å². The molecule has 0 amide bonds. The molecule has 0 saturated carbocycles. The van der Waals surface area contributed by atoms with Crippen molar-refractivity contribution in [3.05, 3.63) is 66.1 Å². The van der Waals surface area contributed by atoms with Gasteiger partial charge in [-0.15, -0.1) is 0 Å². The molecule has 26 heavy (non-hydrogen) atoms. The number of nitriles is 1. The molecule has 0 unspecified atom stereocenters. The number of aryl methyl sites for hydroxylation is 1. The second-order valence-electron chi connectivity index (χ2n) is 5.86. The highest BCUT2D eigenvalue weighted by molar-refractivity contribution is 5.61. The third kappa shape index (κ3) is 4.01. The maximum atomic E-state index is 13.9. The molecule has 132 valence electrons. The van der Waals surface area contributed by atoms with Gasteiger partial charge in [0.1, 0.15) is 18.5 Å². The molecule has 6 heteroatoms. The minimum absolute atomic E-state index is 0.101. The normalized spacial score (nSPS) is 11.6. The molecular formula is C20H18FN3O2. The lowest BCUT2D eigenvalue weighted by atomic mass is 10.1. The van der Waals surface area contributed by atoms with Crippen molar-refractivity contribution in [1.29, 1.82) is 5.26 Å². The van der Waals surface area contributed by atoms with Crippen molar-refractivity contribution in [2.45, 2.75) is 13.0 Å². The van der Waals surface area contributed by atoms with E-state index in [2.05, 4.69) is 5.10 Å². The predicted octanol–water partition coefficient (Wildman–Crippen LogP) is 3.94. The van der Waals surface area contributed by atoms with E-state index in [1.165, 1.54) is 12.1 Å². The van der Waals surface area contributed by atoms with Gasteiger partial charge in [0, 0.05) is 18.8 Å². The molecule has 0 radical (unpaired) electrons. The van der Waals surface area contributed by atoms with Gasteiger partial charge < -0.3 is 9.47 Å². The van der Waals surface area contributed by atoms with E-state index in [0.29, 0.717) is 5.75 Å². The van der Waals surface area contributed by atoms with Crippen LogP contribution in [0.4, 0.5) is 4.39 Å². The Labute approximate surface area is 151 Å². The molecular weight excluding hydrogens is 333 g/mol. The Morgan fingerprint density at radius 3 is 2.77 bits per heavy atom. The molecule has 1 aromatic heterocycles. The van der Waals surface area contributed by atoms with E-state index in [1.807, 2.05) is 43.4 Å². The molecule has 1 atom stereocenters. The van der Waals surface area contributed by atoms with Gasteiger partial charge >= 0.3 is 0 Å². The van der Waals surface area contributed by atoms with Crippen LogP contribution in [0.1, 0.15) is 12.5 Å². The minimum atomic E-state index is -0.561. The number of halogens is 1. The lowest BCUT2D eigenvalue weighted by molar-refractivity contribution is 0.138. The van der Waals surface area contributed by atoms with Crippen LogP contribution < -0.4 is 9.47 Å². The monoisotopic (exact) mass is 351 g/mol. The average Bonchev–Trinajstić information content (AvgIpc) is 3.08. The van der Waals surface area contributed by atoms with Gasteiger partial charge in [-0.25, -0.2) is 4.39 Å². The van der Waals surface area contributed by atoms with Gasteiger partial charge in [-0.05, 0) is 43.3 Å². The minimum Gasteiger partial charge on any atom is -0.490 e. The van der Waals surface area contributed by atoms with Gasteiger partial charge in [0.2, 0.25) is 0 Å². The molecule has 0 aliphatic rings. The summed E-state index contributed by atoms with van der Waals surface area (Å²) in [7, 11) is 1.88. The number of benzene rings is 2. The van der Waals surface area contributed by atoms with Crippen LogP contribution in [-0.2, 0) is 7.05 Å². The third-order valence-electron chi connectivity index (χ3n) is 3.82. The molecule has 5 nitrogen and oxygen atoms in total. The van der Waals surface area contributed by atoms with Crippen molar-refractivity contribution in [3.63, 3.8) is 0 Å². The standard InChI is InChI=1S/C20H18FN3O2/c1-14(26-20-7-6-15(12-22)10-18(20)21)13-25-17-5-3-4-16(11-17)19-8-9-23-24(19)2/h3-11,14H,13H2,1-2H3/t14-/m0/s1. The second kappa shape index (κ2) is 7.70. The largest absolute Gasteiger partial charge is 0.490 e. The molecule has 2 aromatic carbocycles. The molecule has 0 saturated heterocycles. The maximum Gasteiger partial charge on any atom is 0.166 e. The zero-order valence-corrected chi connectivity index (χ0v) is 14.5. The lowest BCUT2D eigenvalue weighted by Gasteiger charge is -2.16. The summed E-state index contributed by atoms with van der Waals surface area (Å²) in [5, 5.41) is 12.9. The van der Waals surface area contributed by atoms with Crippen LogP contribution in [0.25, 0.3) is 11.3 Å². The molecule has 0 N–H and O–H groups in total. The SMILES string of the molecule is C[C@@H](COc1cccc(-c2ccnn2C)c1)Oc1ccc(C#N)cc1F. The number of rotatable bonds is 6. The summed E-state index contributed by atoms with van der Waals surface area (Å²) in [6.07, 6.45) is 1.38. The fraction of sp³-hybridized carbons (Fsp3) is 0.200. The van der Waals surface area contributed by atoms with Crippen molar-refractivity contribution in [2.75, 3.05) is 6.61 Å². The highest BCUT2D eigenvalue weighted by Crippen LogP contribution is 2.24. The predicted molar refractivity (Wildman–Crippen MR) is 95.3 cm³/mol. The van der Waals surface area contributed by atoms with Crippen LogP contribution in [0, 0.1) is 17.1 Å². The van der Waals surface area contributed by atoms with Crippen molar-refractivity contribution in [2.24, 2.45) is 7.05 Å². The van der Waals surface area contributed by atoms with Crippen LogP contribution in [0.2, 0.25) is 0 Å². The molecule has 0 aliphatic carbocycles. The fourth-order valence-corrected chi connectivity index (χ4v) is 2.53. The smallest absolute Gasteiger partial charge is 0.166 e. The Balaban J connectivity index is 1.62. The summed E-state index contributed by atoms with van der Waals surface area (Å²) in [5.41, 5.74) is 2.24. The van der Waals surface area contributed by atoms with Crippen LogP contribution in [0.3, 0.4) is 0 Å². The Bertz CT molecular complexity index is 946. The summed E-state index contributed by atoms with van der Waals surface area (Å²) in [5.74, 6) is 0.234. The Morgan fingerprint density at radius 2 is 2.08 bits per heavy atom. The fourth-order valence-electron chi connectivity index (χ4n) is 2.53. The zero-order chi connectivity index (χ0) is 18.5. The molecule has 0 fully saturated rings. The van der Waals surface area contributed by atoms with Crippen LogP contribution >= 0.6 is 0 Å². The second-order valence-corrected chi connectivity index (χ2v) is 5.86. The third-order valence-corrected chi connectivity index (χ3v) is 3.82. The number of hydrogen-bond donors (Lipinski definition) is 0. The average molecular weight is 351 g/mol. The van der Waals surface area contributed by atoms with Gasteiger partial charge in [0.25, 0.3) is 0 Å². The summed E-state index contributed by atoms with van der Waals surface area (Å²) in [6.45, 7) is 2.05. The van der Waals surface area contributed by atoms with E-state index in [-0.39, 0.29) is 24.0 Å². The van der Waals surface area contributed by atoms with Gasteiger partial charge in [0.05, 0.1) is 17.3 Å². The first-order chi connectivity index (χ1) is 12.6. The molecule has 3 rings (SSSR count). The molecule has 0 spiro atoms. The summed E-state index contributed by atoms with van der Waals surface area (Å²) < 4.78 is 27.0. The first kappa shape index (κ1) is 17.5. The first-order valence-electron chi connectivity index (χ1n) is 8.14. The summed E-state index contributed by atoms with van der Waals surface area (Å²) in [4.78, 5) is 0. The van der Waals surface area contributed by atoms with Gasteiger partial charge in [-0.2, -0.15) is 10.4 Å². The van der Waals surface area contributed by atoms with Crippen molar-refractivity contribution in [1.82, 2.24) is 9.78 Å². The molecule has 1 heterocycles. The van der Waals surface area contributed by atoms with Crippen LogP contribution in [-0.4, -0.2) is 22.5 Å². The number of hydrogen-bond acceptors (Lipinski definition) is 4. The van der Waals surface area contributed by atoms with E-state index in [1.54, 1.807) is 17.8 Å². The van der Waals surface area contributed by atoms with E-state index < -0.39 is 5.82 Å². The number of ether oxygens (including phenoxy) is 2. The Kier molecular flexibility index (Phi) is 5.18. The van der Waals surface area contributed by atoms with Crippen LogP contribution in [0.5, 0.6) is 11.5 Å². The first-order valence-corrected chi connectivity index (χ1v) is 8.14. The number of aromatic nitrogens is 2. The topological polar surface area (TPSA) is 60.1 Å². The maximum absolute atomic E-state index is 13.9. The van der Waals surface area contributed by atoms with Crippen LogP contribution in [0.15, 0.2) is 54.7 Å². The highest BCUT2D eigenvalue weighted by atomic mass is 19.1. The summed E-state index contributed by atoms with van der Waals surface area (Å²) in [6, 6.07) is 15.6. The van der Waals surface area contributed by atoms with Crippen molar-refractivity contribution in [3.8, 4) is 28.8 Å². The molecule has 3 aromatic rings. The highest BCUT2D eigenvalue weighted by Gasteiger charge is 2.11. The van der Waals surface area contributed by atoms with Crippen molar-refractivity contribution < 1.29 is 13.9 Å². The lowest BCUT2D eigenvalue weighted by Crippen LogP contribution is -2.21. The molecule has 0 bridgehead atoms. The Morgan fingerprint density at radius 1 is 1.23 bits per heavy atom.